The molecule has 50 heavy (non-hydrogen) atoms. The summed E-state index contributed by atoms with van der Waals surface area (Å²) >= 11 is 0. The zero-order chi connectivity index (χ0) is 35.3. The predicted molar refractivity (Wildman–Crippen MR) is 179 cm³/mol. The number of aromatic nitrogens is 2. The number of halogens is 6. The van der Waals surface area contributed by atoms with E-state index in [9.17, 15) is 31.1 Å². The zero-order valence-electron chi connectivity index (χ0n) is 27.3. The number of carbonyl (C=O) groups is 1. The van der Waals surface area contributed by atoms with Crippen LogP contribution in [0, 0.1) is 0 Å². The number of pyridine rings is 2. The highest BCUT2D eigenvalue weighted by atomic mass is 19.4. The van der Waals surface area contributed by atoms with Gasteiger partial charge in [0.25, 0.3) is 0 Å². The summed E-state index contributed by atoms with van der Waals surface area (Å²) in [6, 6.07) is 18.1. The number of alkyl halides is 6. The molecule has 2 aromatic carbocycles. The van der Waals surface area contributed by atoms with E-state index in [4.69, 9.17) is 0 Å². The van der Waals surface area contributed by atoms with Gasteiger partial charge in [-0.2, -0.15) is 26.3 Å². The molecule has 0 N–H and O–H groups in total. The second-order valence-corrected chi connectivity index (χ2v) is 12.8. The molecule has 2 atom stereocenters. The highest BCUT2D eigenvalue weighted by Crippen LogP contribution is 2.34. The van der Waals surface area contributed by atoms with Crippen molar-refractivity contribution in [1.82, 2.24) is 19.8 Å². The molecule has 4 aromatic rings. The zero-order valence-corrected chi connectivity index (χ0v) is 27.3. The summed E-state index contributed by atoms with van der Waals surface area (Å²) in [5.74, 6) is -1.05. The van der Waals surface area contributed by atoms with Crippen LogP contribution in [0.1, 0.15) is 34.1 Å². The minimum Gasteiger partial charge on any atom is -0.369 e. The van der Waals surface area contributed by atoms with Crippen molar-refractivity contribution in [2.75, 3.05) is 75.2 Å². The van der Waals surface area contributed by atoms with Gasteiger partial charge in [0.15, 0.2) is 0 Å². The van der Waals surface area contributed by atoms with E-state index in [2.05, 4.69) is 19.8 Å². The minimum absolute atomic E-state index is 0.00613. The third-order valence-corrected chi connectivity index (χ3v) is 9.56. The Hall–Kier alpha value is -4.49. The topological polar surface area (TPSA) is 55.8 Å². The van der Waals surface area contributed by atoms with Crippen LogP contribution in [0.25, 0.3) is 0 Å². The summed E-state index contributed by atoms with van der Waals surface area (Å²) in [4.78, 5) is 31.5. The molecule has 13 heteroatoms. The quantitative estimate of drug-likeness (QED) is 0.174. The fourth-order valence-corrected chi connectivity index (χ4v) is 6.78. The van der Waals surface area contributed by atoms with Gasteiger partial charge in [0, 0.05) is 102 Å². The fraction of sp³-hybridized carbons (Fsp3) is 0.378. The average Bonchev–Trinajstić information content (AvgIpc) is 3.13. The van der Waals surface area contributed by atoms with E-state index < -0.39 is 35.3 Å². The first-order valence-corrected chi connectivity index (χ1v) is 16.6. The lowest BCUT2D eigenvalue weighted by molar-refractivity contribution is -0.138. The average molecular weight is 697 g/mol. The first kappa shape index (κ1) is 35.3. The molecule has 0 saturated carbocycles. The van der Waals surface area contributed by atoms with Crippen molar-refractivity contribution in [1.29, 1.82) is 0 Å². The van der Waals surface area contributed by atoms with E-state index in [-0.39, 0.29) is 5.78 Å². The monoisotopic (exact) mass is 696 g/mol. The summed E-state index contributed by atoms with van der Waals surface area (Å²) in [5.41, 5.74) is 1.23. The Morgan fingerprint density at radius 1 is 0.580 bits per heavy atom. The van der Waals surface area contributed by atoms with Gasteiger partial charge in [0.1, 0.15) is 5.78 Å². The minimum atomic E-state index is -4.42. The Balaban J connectivity index is 1.16. The van der Waals surface area contributed by atoms with Crippen molar-refractivity contribution < 1.29 is 31.1 Å². The summed E-state index contributed by atoms with van der Waals surface area (Å²) in [5, 5.41) is 0. The van der Waals surface area contributed by atoms with Crippen LogP contribution in [-0.2, 0) is 17.1 Å². The number of carbonyl (C=O) groups excluding carboxylic acids is 1. The van der Waals surface area contributed by atoms with Crippen LogP contribution in [0.5, 0.6) is 0 Å². The van der Waals surface area contributed by atoms with Gasteiger partial charge in [-0.05, 0) is 59.7 Å². The largest absolute Gasteiger partial charge is 0.416 e. The van der Waals surface area contributed by atoms with Gasteiger partial charge < -0.3 is 9.80 Å². The number of ketones is 1. The maximum atomic E-state index is 14.7. The highest BCUT2D eigenvalue weighted by molar-refractivity contribution is 5.92. The van der Waals surface area contributed by atoms with Crippen molar-refractivity contribution in [2.24, 2.45) is 0 Å². The van der Waals surface area contributed by atoms with E-state index in [1.165, 1.54) is 24.3 Å². The molecule has 0 bridgehead atoms. The Kier molecular flexibility index (Phi) is 10.7. The van der Waals surface area contributed by atoms with Crippen LogP contribution >= 0.6 is 0 Å². The number of benzene rings is 2. The summed E-state index contributed by atoms with van der Waals surface area (Å²) in [6.45, 7) is 5.14. The smallest absolute Gasteiger partial charge is 0.369 e. The Morgan fingerprint density at radius 2 is 0.980 bits per heavy atom. The number of hydrogen-bond acceptors (Lipinski definition) is 7. The number of hydrogen-bond donors (Lipinski definition) is 0. The molecule has 0 amide bonds. The molecule has 2 aliphatic heterocycles. The summed E-state index contributed by atoms with van der Waals surface area (Å²) < 4.78 is 80.1. The second-order valence-electron chi connectivity index (χ2n) is 12.8. The fourth-order valence-electron chi connectivity index (χ4n) is 6.78. The molecule has 2 saturated heterocycles. The van der Waals surface area contributed by atoms with Crippen molar-refractivity contribution in [3.05, 3.63) is 120 Å². The van der Waals surface area contributed by atoms with Crippen LogP contribution in [0.3, 0.4) is 0 Å². The lowest BCUT2D eigenvalue weighted by Gasteiger charge is -2.39. The van der Waals surface area contributed by atoms with Gasteiger partial charge in [-0.15, -0.1) is 0 Å². The normalized spacial score (nSPS) is 17.8. The van der Waals surface area contributed by atoms with E-state index in [0.717, 1.165) is 23.3 Å². The second kappa shape index (κ2) is 15.2. The number of piperazine rings is 2. The predicted octanol–water partition coefficient (Wildman–Crippen LogP) is 6.60. The van der Waals surface area contributed by atoms with E-state index >= 15 is 0 Å². The third kappa shape index (κ3) is 8.62. The molecule has 6 rings (SSSR count). The van der Waals surface area contributed by atoms with Crippen LogP contribution in [0.4, 0.5) is 37.7 Å². The molecule has 2 unspecified atom stereocenters. The molecule has 7 nitrogen and oxygen atoms in total. The van der Waals surface area contributed by atoms with E-state index in [1.807, 2.05) is 21.9 Å². The molecule has 2 aliphatic rings. The number of rotatable bonds is 10. The van der Waals surface area contributed by atoms with Crippen molar-refractivity contribution in [3.63, 3.8) is 0 Å². The highest BCUT2D eigenvalue weighted by Gasteiger charge is 2.35. The number of anilines is 2. The summed E-state index contributed by atoms with van der Waals surface area (Å²) in [7, 11) is 0. The maximum absolute atomic E-state index is 14.7. The van der Waals surface area contributed by atoms with E-state index in [1.54, 1.807) is 49.1 Å². The van der Waals surface area contributed by atoms with Gasteiger partial charge in [0.2, 0.25) is 0 Å². The van der Waals surface area contributed by atoms with Crippen LogP contribution in [-0.4, -0.2) is 91.0 Å². The number of nitrogens with zero attached hydrogens (tertiary/aromatic N) is 6. The van der Waals surface area contributed by atoms with Crippen molar-refractivity contribution >= 4 is 17.2 Å². The SMILES string of the molecule is O=C(C(CN1CCN(c2cccc(C(F)(F)F)c2)CC1)c1cccnc1)C(CN1CCN(c2cccc(C(F)(F)F)c2)CC1)c1cccnc1. The first-order chi connectivity index (χ1) is 24.0. The molecule has 2 fully saturated rings. The summed E-state index contributed by atoms with van der Waals surface area (Å²) in [6.07, 6.45) is -2.12. The van der Waals surface area contributed by atoms with Crippen LogP contribution < -0.4 is 9.80 Å². The molecular weight excluding hydrogens is 658 g/mol. The molecule has 0 radical (unpaired) electrons. The lowest BCUT2D eigenvalue weighted by atomic mass is 9.83. The van der Waals surface area contributed by atoms with Crippen LogP contribution in [0.15, 0.2) is 97.6 Å². The third-order valence-electron chi connectivity index (χ3n) is 9.56. The lowest BCUT2D eigenvalue weighted by Crippen LogP contribution is -2.50. The molecular formula is C37H38F6N6O. The molecule has 264 valence electrons. The van der Waals surface area contributed by atoms with E-state index in [0.29, 0.717) is 76.8 Å². The molecule has 4 heterocycles. The Bertz CT molecular complexity index is 1580. The van der Waals surface area contributed by atoms with Crippen LogP contribution in [0.2, 0.25) is 0 Å². The van der Waals surface area contributed by atoms with Crippen molar-refractivity contribution in [3.8, 4) is 0 Å². The molecule has 0 spiro atoms. The van der Waals surface area contributed by atoms with Gasteiger partial charge in [0.05, 0.1) is 23.0 Å². The Morgan fingerprint density at radius 3 is 1.32 bits per heavy atom. The first-order valence-electron chi connectivity index (χ1n) is 16.6. The molecule has 0 aliphatic carbocycles. The van der Waals surface area contributed by atoms with Gasteiger partial charge in [-0.1, -0.05) is 24.3 Å². The Labute approximate surface area is 287 Å². The number of Topliss-reactive ketones (excluding diaryl/α,β-unsaturated/α-hetero) is 1. The molecule has 2 aromatic heterocycles. The van der Waals surface area contributed by atoms with Crippen molar-refractivity contribution in [2.45, 2.75) is 24.2 Å². The van der Waals surface area contributed by atoms with Gasteiger partial charge >= 0.3 is 12.4 Å². The van der Waals surface area contributed by atoms with Gasteiger partial charge in [-0.25, -0.2) is 0 Å². The van der Waals surface area contributed by atoms with Gasteiger partial charge in [-0.3, -0.25) is 24.6 Å². The standard InChI is InChI=1S/C37H38F6N6O/c38-36(39,40)29-7-1-9-31(21-29)48-17-13-46(14-18-48)25-33(27-5-3-11-44-23-27)35(50)34(28-6-4-12-45-24-28)26-47-15-19-49(20-16-47)32-10-2-8-30(22-32)37(41,42)43/h1-12,21-24,33-34H,13-20,25-26H2. The maximum Gasteiger partial charge on any atom is 0.416 e.